The Kier molecular flexibility index (Phi) is 7.94. The van der Waals surface area contributed by atoms with E-state index in [9.17, 15) is 24.2 Å². The van der Waals surface area contributed by atoms with E-state index < -0.39 is 17.8 Å². The van der Waals surface area contributed by atoms with Crippen LogP contribution in [-0.2, 0) is 4.74 Å². The average Bonchev–Trinajstić information content (AvgIpc) is 3.31. The number of hydrogen-bond donors (Lipinski definition) is 4. The second kappa shape index (κ2) is 11.1. The standard InChI is InChI=1S/C25H27FN4O5S/c1-14(12-31)15-5-6-17(19(26)9-15)21-10-18(23(27)33)24(36-21)29-22-4-2-3-20(28-22)25(34)30-7-8-35-16(11-30)13-32/h2-6,9-10,14,16,31-32H,7-8,11-13H2,1H3,(H2,27,33)(H,28,29). The highest BCUT2D eigenvalue weighted by Gasteiger charge is 2.26. The molecular formula is C25H27FN4O5S. The van der Waals surface area contributed by atoms with Gasteiger partial charge in [0.2, 0.25) is 0 Å². The van der Waals surface area contributed by atoms with Crippen LogP contribution in [0.4, 0.5) is 15.2 Å². The number of anilines is 2. The fraction of sp³-hybridized carbons (Fsp3) is 0.320. The van der Waals surface area contributed by atoms with E-state index in [4.69, 9.17) is 10.5 Å². The molecule has 11 heteroatoms. The zero-order valence-electron chi connectivity index (χ0n) is 19.6. The molecule has 3 aromatic rings. The summed E-state index contributed by atoms with van der Waals surface area (Å²) < 4.78 is 20.3. The Labute approximate surface area is 211 Å². The summed E-state index contributed by atoms with van der Waals surface area (Å²) in [6.45, 7) is 2.49. The summed E-state index contributed by atoms with van der Waals surface area (Å²) in [6, 6.07) is 11.1. The zero-order chi connectivity index (χ0) is 25.8. The number of nitrogens with zero attached hydrogens (tertiary/aromatic N) is 2. The molecule has 36 heavy (non-hydrogen) atoms. The maximum atomic E-state index is 14.9. The fourth-order valence-corrected chi connectivity index (χ4v) is 4.96. The average molecular weight is 515 g/mol. The number of aliphatic hydroxyl groups excluding tert-OH is 2. The lowest BCUT2D eigenvalue weighted by molar-refractivity contribution is -0.0448. The molecule has 0 aliphatic carbocycles. The number of ether oxygens (including phenoxy) is 1. The summed E-state index contributed by atoms with van der Waals surface area (Å²) in [5, 5.41) is 22.1. The number of morpholine rings is 1. The molecule has 2 aromatic heterocycles. The zero-order valence-corrected chi connectivity index (χ0v) is 20.4. The van der Waals surface area contributed by atoms with Crippen LogP contribution in [0.3, 0.4) is 0 Å². The highest BCUT2D eigenvalue weighted by molar-refractivity contribution is 7.20. The van der Waals surface area contributed by atoms with Crippen LogP contribution in [0, 0.1) is 5.82 Å². The number of aromatic nitrogens is 1. The molecule has 190 valence electrons. The molecule has 1 aliphatic rings. The van der Waals surface area contributed by atoms with E-state index in [0.29, 0.717) is 40.0 Å². The van der Waals surface area contributed by atoms with E-state index in [1.54, 1.807) is 42.2 Å². The van der Waals surface area contributed by atoms with Crippen molar-refractivity contribution in [2.24, 2.45) is 5.73 Å². The molecule has 1 aromatic carbocycles. The molecule has 9 nitrogen and oxygen atoms in total. The quantitative estimate of drug-likeness (QED) is 0.363. The lowest BCUT2D eigenvalue weighted by Gasteiger charge is -2.31. The predicted octanol–water partition coefficient (Wildman–Crippen LogP) is 2.72. The Hall–Kier alpha value is -3.38. The molecule has 4 rings (SSSR count). The van der Waals surface area contributed by atoms with Crippen molar-refractivity contribution in [3.8, 4) is 10.4 Å². The Morgan fingerprint density at radius 3 is 2.81 bits per heavy atom. The van der Waals surface area contributed by atoms with Crippen molar-refractivity contribution >= 4 is 34.0 Å². The fourth-order valence-electron chi connectivity index (χ4n) is 3.86. The van der Waals surface area contributed by atoms with Gasteiger partial charge in [0.1, 0.15) is 22.3 Å². The van der Waals surface area contributed by atoms with Crippen LogP contribution in [-0.4, -0.2) is 70.9 Å². The summed E-state index contributed by atoms with van der Waals surface area (Å²) >= 11 is 1.13. The van der Waals surface area contributed by atoms with Crippen molar-refractivity contribution in [1.82, 2.24) is 9.88 Å². The van der Waals surface area contributed by atoms with Crippen molar-refractivity contribution in [1.29, 1.82) is 0 Å². The highest BCUT2D eigenvalue weighted by atomic mass is 32.1. The first-order chi connectivity index (χ1) is 17.3. The molecule has 0 saturated carbocycles. The first kappa shape index (κ1) is 25.7. The summed E-state index contributed by atoms with van der Waals surface area (Å²) in [6.07, 6.45) is -0.437. The number of thiophene rings is 1. The van der Waals surface area contributed by atoms with Gasteiger partial charge in [0, 0.05) is 36.1 Å². The highest BCUT2D eigenvalue weighted by Crippen LogP contribution is 2.38. The minimum Gasteiger partial charge on any atom is -0.396 e. The third-order valence-corrected chi connectivity index (χ3v) is 7.02. The van der Waals surface area contributed by atoms with Gasteiger partial charge in [-0.2, -0.15) is 0 Å². The minimum atomic E-state index is -0.693. The number of carbonyl (C=O) groups excluding carboxylic acids is 2. The number of rotatable bonds is 8. The van der Waals surface area contributed by atoms with Gasteiger partial charge < -0.3 is 30.9 Å². The van der Waals surface area contributed by atoms with Crippen molar-refractivity contribution in [3.05, 3.63) is 65.1 Å². The third kappa shape index (κ3) is 5.54. The lowest BCUT2D eigenvalue weighted by Crippen LogP contribution is -2.47. The second-order valence-corrected chi connectivity index (χ2v) is 9.55. The summed E-state index contributed by atoms with van der Waals surface area (Å²) in [4.78, 5) is 31.5. The van der Waals surface area contributed by atoms with Gasteiger partial charge in [-0.15, -0.1) is 11.3 Å². The van der Waals surface area contributed by atoms with Crippen molar-refractivity contribution in [2.45, 2.75) is 18.9 Å². The van der Waals surface area contributed by atoms with E-state index in [-0.39, 0.29) is 42.8 Å². The number of nitrogens with two attached hydrogens (primary N) is 1. The van der Waals surface area contributed by atoms with Crippen molar-refractivity contribution in [3.63, 3.8) is 0 Å². The molecule has 1 fully saturated rings. The van der Waals surface area contributed by atoms with Crippen molar-refractivity contribution in [2.75, 3.05) is 38.2 Å². The number of hydrogen-bond acceptors (Lipinski definition) is 8. The van der Waals surface area contributed by atoms with Gasteiger partial charge in [-0.05, 0) is 29.8 Å². The lowest BCUT2D eigenvalue weighted by atomic mass is 9.99. The molecule has 0 bridgehead atoms. The van der Waals surface area contributed by atoms with Gasteiger partial charge >= 0.3 is 0 Å². The van der Waals surface area contributed by atoms with E-state index in [2.05, 4.69) is 10.3 Å². The first-order valence-corrected chi connectivity index (χ1v) is 12.2. The van der Waals surface area contributed by atoms with Crippen molar-refractivity contribution < 1.29 is 28.9 Å². The van der Waals surface area contributed by atoms with E-state index in [1.165, 1.54) is 12.1 Å². The van der Waals surface area contributed by atoms with Gasteiger partial charge in [0.15, 0.2) is 0 Å². The van der Waals surface area contributed by atoms with E-state index in [0.717, 1.165) is 11.3 Å². The number of carbonyl (C=O) groups is 2. The maximum absolute atomic E-state index is 14.9. The Balaban J connectivity index is 1.59. The summed E-state index contributed by atoms with van der Waals surface area (Å²) in [7, 11) is 0. The number of halogens is 1. The molecule has 3 heterocycles. The number of aliphatic hydroxyl groups is 2. The Morgan fingerprint density at radius 2 is 2.11 bits per heavy atom. The van der Waals surface area contributed by atoms with E-state index >= 15 is 0 Å². The third-order valence-electron chi connectivity index (χ3n) is 5.94. The molecule has 5 N–H and O–H groups in total. The molecule has 0 radical (unpaired) electrons. The van der Waals surface area contributed by atoms with Crippen LogP contribution in [0.2, 0.25) is 0 Å². The predicted molar refractivity (Wildman–Crippen MR) is 134 cm³/mol. The molecule has 2 unspecified atom stereocenters. The van der Waals surface area contributed by atoms with Crippen LogP contribution in [0.15, 0.2) is 42.5 Å². The molecular weight excluding hydrogens is 487 g/mol. The topological polar surface area (TPSA) is 138 Å². The Morgan fingerprint density at radius 1 is 1.31 bits per heavy atom. The van der Waals surface area contributed by atoms with Gasteiger partial charge in [-0.1, -0.05) is 25.1 Å². The van der Waals surface area contributed by atoms with Gasteiger partial charge in [0.05, 0.1) is 24.9 Å². The van der Waals surface area contributed by atoms with Crippen LogP contribution in [0.1, 0.15) is 39.3 Å². The monoisotopic (exact) mass is 514 g/mol. The SMILES string of the molecule is CC(CO)c1ccc(-c2cc(C(N)=O)c(Nc3cccc(C(=O)N4CCOC(CO)C4)n3)s2)c(F)c1. The smallest absolute Gasteiger partial charge is 0.272 e. The van der Waals surface area contributed by atoms with Crippen LogP contribution >= 0.6 is 11.3 Å². The summed E-state index contributed by atoms with van der Waals surface area (Å²) in [5.41, 5.74) is 6.90. The molecule has 1 aliphatic heterocycles. The Bertz CT molecular complexity index is 1270. The maximum Gasteiger partial charge on any atom is 0.272 e. The van der Waals surface area contributed by atoms with Gasteiger partial charge in [-0.25, -0.2) is 9.37 Å². The van der Waals surface area contributed by atoms with E-state index in [1.807, 2.05) is 0 Å². The minimum absolute atomic E-state index is 0.0974. The number of benzene rings is 1. The molecule has 1 saturated heterocycles. The number of pyridine rings is 1. The van der Waals surface area contributed by atoms with Gasteiger partial charge in [-0.3, -0.25) is 9.59 Å². The molecule has 0 spiro atoms. The second-order valence-electron chi connectivity index (χ2n) is 8.50. The van der Waals surface area contributed by atoms with Crippen LogP contribution in [0.25, 0.3) is 10.4 Å². The normalized spacial score (nSPS) is 16.6. The van der Waals surface area contributed by atoms with Crippen LogP contribution in [0.5, 0.6) is 0 Å². The number of primary amides is 1. The molecule has 2 atom stereocenters. The number of amides is 2. The first-order valence-electron chi connectivity index (χ1n) is 11.4. The van der Waals surface area contributed by atoms with Gasteiger partial charge in [0.25, 0.3) is 11.8 Å². The largest absolute Gasteiger partial charge is 0.396 e. The summed E-state index contributed by atoms with van der Waals surface area (Å²) in [5.74, 6) is -1.36. The number of nitrogens with one attached hydrogen (secondary N) is 1. The molecule has 2 amide bonds. The van der Waals surface area contributed by atoms with Crippen LogP contribution < -0.4 is 11.1 Å².